The highest BCUT2D eigenvalue weighted by molar-refractivity contribution is 9.10. The third-order valence-electron chi connectivity index (χ3n) is 8.62. The lowest BCUT2D eigenvalue weighted by Gasteiger charge is -2.12. The molecule has 0 atom stereocenters. The Morgan fingerprint density at radius 2 is 1.19 bits per heavy atom. The predicted octanol–water partition coefficient (Wildman–Crippen LogP) is 7.79. The second kappa shape index (κ2) is 15.2. The van der Waals surface area contributed by atoms with Gasteiger partial charge < -0.3 is 10.1 Å². The van der Waals surface area contributed by atoms with E-state index in [-0.39, 0.29) is 42.9 Å². The van der Waals surface area contributed by atoms with Crippen molar-refractivity contribution in [2.75, 3.05) is 13.7 Å². The van der Waals surface area contributed by atoms with Crippen molar-refractivity contribution in [3.05, 3.63) is 163 Å². The van der Waals surface area contributed by atoms with Crippen LogP contribution >= 0.6 is 31.9 Å². The quantitative estimate of drug-likeness (QED) is 0.178. The van der Waals surface area contributed by atoms with Crippen molar-refractivity contribution >= 4 is 55.2 Å². The van der Waals surface area contributed by atoms with Crippen LogP contribution in [-0.2, 0) is 17.8 Å². The number of fused-ring (bicyclic) bond motifs is 6. The third-order valence-corrected chi connectivity index (χ3v) is 9.61. The summed E-state index contributed by atoms with van der Waals surface area (Å²) < 4.78 is 39.4. The maximum Gasteiger partial charge on any atom is 0.358 e. The molecule has 4 aromatic carbocycles. The summed E-state index contributed by atoms with van der Waals surface area (Å²) in [4.78, 5) is 42.1. The molecular formula is C39H29Br2F2N7O3. The largest absolute Gasteiger partial charge is 0.461 e. The highest BCUT2D eigenvalue weighted by atomic mass is 79.9. The average molecular weight is 842 g/mol. The van der Waals surface area contributed by atoms with Gasteiger partial charge in [0.05, 0.1) is 53.9 Å². The summed E-state index contributed by atoms with van der Waals surface area (Å²) in [6.45, 7) is 2.41. The summed E-state index contributed by atoms with van der Waals surface area (Å²) in [7, 11) is 1.56. The van der Waals surface area contributed by atoms with Gasteiger partial charge >= 0.3 is 5.97 Å². The Morgan fingerprint density at radius 1 is 0.717 bits per heavy atom. The predicted molar refractivity (Wildman–Crippen MR) is 203 cm³/mol. The lowest BCUT2D eigenvalue weighted by atomic mass is 10.00. The number of carbonyl (C=O) groups is 2. The number of nitrogens with one attached hydrogen (secondary N) is 1. The summed E-state index contributed by atoms with van der Waals surface area (Å²) in [6, 6.07) is 24.4. The molecule has 53 heavy (non-hydrogen) atoms. The molecule has 1 amide bonds. The Hall–Kier alpha value is -5.60. The van der Waals surface area contributed by atoms with Crippen LogP contribution in [0.25, 0.3) is 11.4 Å². The van der Waals surface area contributed by atoms with E-state index in [4.69, 9.17) is 4.74 Å². The van der Waals surface area contributed by atoms with E-state index in [1.807, 2.05) is 45.5 Å². The van der Waals surface area contributed by atoms with E-state index in [1.165, 1.54) is 12.1 Å². The Kier molecular flexibility index (Phi) is 10.2. The number of aliphatic imine (C=N–C) groups is 2. The van der Waals surface area contributed by atoms with Crippen LogP contribution in [0.5, 0.6) is 0 Å². The number of hydrogen-bond donors (Lipinski definition) is 1. The first-order valence-corrected chi connectivity index (χ1v) is 18.0. The minimum absolute atomic E-state index is 0.185. The van der Waals surface area contributed by atoms with Gasteiger partial charge in [-0.25, -0.2) is 23.5 Å². The minimum atomic E-state index is -0.491. The van der Waals surface area contributed by atoms with Crippen LogP contribution in [0.3, 0.4) is 0 Å². The fourth-order valence-electron chi connectivity index (χ4n) is 6.20. The number of esters is 1. The molecule has 4 heterocycles. The molecule has 0 unspecified atom stereocenters. The maximum absolute atomic E-state index is 14.5. The van der Waals surface area contributed by atoms with E-state index in [1.54, 1.807) is 63.0 Å². The van der Waals surface area contributed by atoms with Crippen molar-refractivity contribution in [3.8, 4) is 11.4 Å². The Labute approximate surface area is 319 Å². The van der Waals surface area contributed by atoms with Gasteiger partial charge in [0.25, 0.3) is 5.91 Å². The Balaban J connectivity index is 0.000000164. The Bertz CT molecular complexity index is 2470. The SMILES string of the molecule is CCOC(=O)c1ncn2c1CN=C(c1ccccc1F)c1cc(Br)ccc1-2.CNC(=O)c1ncn2c1CN=C(c1ccccc1F)c1cc(Br)ccc1-2. The molecule has 6 aromatic rings. The molecule has 10 nitrogen and oxygen atoms in total. The van der Waals surface area contributed by atoms with Crippen LogP contribution in [0.1, 0.15) is 61.5 Å². The van der Waals surface area contributed by atoms with Gasteiger partial charge in [-0.2, -0.15) is 0 Å². The fourth-order valence-corrected chi connectivity index (χ4v) is 6.93. The molecule has 2 aliphatic heterocycles. The van der Waals surface area contributed by atoms with Crippen molar-refractivity contribution in [2.45, 2.75) is 20.0 Å². The number of ether oxygens (including phenoxy) is 1. The summed E-state index contributed by atoms with van der Waals surface area (Å²) >= 11 is 6.95. The first kappa shape index (κ1) is 35.8. The van der Waals surface area contributed by atoms with Crippen LogP contribution in [0.15, 0.2) is 117 Å². The maximum atomic E-state index is 14.5. The summed E-state index contributed by atoms with van der Waals surface area (Å²) in [6.07, 6.45) is 3.18. The number of imidazole rings is 2. The molecule has 2 aromatic heterocycles. The molecule has 8 rings (SSSR count). The number of hydrogen-bond acceptors (Lipinski definition) is 7. The second-order valence-electron chi connectivity index (χ2n) is 11.7. The van der Waals surface area contributed by atoms with Crippen LogP contribution in [0, 0.1) is 11.6 Å². The lowest BCUT2D eigenvalue weighted by Crippen LogP contribution is -2.20. The van der Waals surface area contributed by atoms with Gasteiger partial charge in [0.15, 0.2) is 11.4 Å². The van der Waals surface area contributed by atoms with E-state index < -0.39 is 5.97 Å². The molecule has 0 saturated carbocycles. The number of aromatic nitrogens is 4. The van der Waals surface area contributed by atoms with E-state index in [9.17, 15) is 18.4 Å². The van der Waals surface area contributed by atoms with Crippen molar-refractivity contribution in [1.82, 2.24) is 24.4 Å². The van der Waals surface area contributed by atoms with Gasteiger partial charge in [0.1, 0.15) is 24.3 Å². The fraction of sp³-hybridized carbons (Fsp3) is 0.128. The number of carbonyl (C=O) groups excluding carboxylic acids is 2. The molecule has 266 valence electrons. The molecule has 0 radical (unpaired) electrons. The monoisotopic (exact) mass is 839 g/mol. The zero-order chi connectivity index (χ0) is 37.2. The van der Waals surface area contributed by atoms with Crippen molar-refractivity contribution in [1.29, 1.82) is 0 Å². The molecule has 0 spiro atoms. The zero-order valence-corrected chi connectivity index (χ0v) is 31.5. The first-order valence-electron chi connectivity index (χ1n) is 16.4. The van der Waals surface area contributed by atoms with Gasteiger partial charge in [0.2, 0.25) is 0 Å². The highest BCUT2D eigenvalue weighted by Crippen LogP contribution is 2.31. The molecule has 1 N–H and O–H groups in total. The average Bonchev–Trinajstić information content (AvgIpc) is 3.70. The second-order valence-corrected chi connectivity index (χ2v) is 13.6. The van der Waals surface area contributed by atoms with Crippen LogP contribution in [0.2, 0.25) is 0 Å². The van der Waals surface area contributed by atoms with E-state index in [0.29, 0.717) is 39.6 Å². The number of nitrogens with zero attached hydrogens (tertiary/aromatic N) is 6. The normalized spacial score (nSPS) is 12.6. The summed E-state index contributed by atoms with van der Waals surface area (Å²) in [5.41, 5.74) is 6.83. The van der Waals surface area contributed by atoms with Crippen LogP contribution < -0.4 is 5.32 Å². The van der Waals surface area contributed by atoms with Crippen molar-refractivity contribution < 1.29 is 23.1 Å². The van der Waals surface area contributed by atoms with Crippen molar-refractivity contribution in [3.63, 3.8) is 0 Å². The molecule has 14 heteroatoms. The molecule has 2 aliphatic rings. The topological polar surface area (TPSA) is 116 Å². The zero-order valence-electron chi connectivity index (χ0n) is 28.3. The molecule has 0 bridgehead atoms. The van der Waals surface area contributed by atoms with E-state index >= 15 is 0 Å². The lowest BCUT2D eigenvalue weighted by molar-refractivity contribution is 0.0518. The van der Waals surface area contributed by atoms with Gasteiger partial charge in [-0.3, -0.25) is 23.9 Å². The van der Waals surface area contributed by atoms with Gasteiger partial charge in [-0.1, -0.05) is 56.1 Å². The van der Waals surface area contributed by atoms with Gasteiger partial charge in [-0.05, 0) is 67.6 Å². The van der Waals surface area contributed by atoms with E-state index in [0.717, 1.165) is 31.4 Å². The van der Waals surface area contributed by atoms with E-state index in [2.05, 4.69) is 57.1 Å². The number of amides is 1. The highest BCUT2D eigenvalue weighted by Gasteiger charge is 2.27. The summed E-state index contributed by atoms with van der Waals surface area (Å²) in [5.74, 6) is -1.46. The molecule has 0 fully saturated rings. The minimum Gasteiger partial charge on any atom is -0.461 e. The number of benzene rings is 4. The van der Waals surface area contributed by atoms with Gasteiger partial charge in [0, 0.05) is 38.2 Å². The number of rotatable bonds is 5. The number of halogens is 4. The Morgan fingerprint density at radius 3 is 1.66 bits per heavy atom. The summed E-state index contributed by atoms with van der Waals surface area (Å²) in [5, 5.41) is 2.59. The third kappa shape index (κ3) is 6.87. The molecule has 0 aliphatic carbocycles. The standard InChI is InChI=1S/C20H15BrFN3O2.C19H14BrFN4O/c1-2-27-20(26)19-17-10-23-18(13-5-3-4-6-15(13)22)14-9-12(21)7-8-16(14)25(17)11-24-19;1-22-19(26)18-16-9-23-17(12-4-2-3-5-14(12)21)13-8-11(20)6-7-15(13)25(16)10-24-18/h3-9,11H,2,10H2,1H3;2-8,10H,9H2,1H3,(H,22,26). The first-order chi connectivity index (χ1) is 25.7. The smallest absolute Gasteiger partial charge is 0.358 e. The van der Waals surface area contributed by atoms with Gasteiger partial charge in [-0.15, -0.1) is 0 Å². The van der Waals surface area contributed by atoms with Crippen molar-refractivity contribution in [2.24, 2.45) is 9.98 Å². The van der Waals surface area contributed by atoms with Crippen LogP contribution in [-0.4, -0.2) is 56.1 Å². The molecular weight excluding hydrogens is 812 g/mol. The van der Waals surface area contributed by atoms with Crippen LogP contribution in [0.4, 0.5) is 8.78 Å². The molecule has 0 saturated heterocycles.